The summed E-state index contributed by atoms with van der Waals surface area (Å²) < 4.78 is 2.59. The van der Waals surface area contributed by atoms with Gasteiger partial charge in [0.2, 0.25) is 0 Å². The zero-order chi connectivity index (χ0) is 12.0. The minimum atomic E-state index is -0.394. The molecule has 1 rings (SSSR count). The van der Waals surface area contributed by atoms with E-state index in [1.54, 1.807) is 0 Å². The molecule has 1 heterocycles. The van der Waals surface area contributed by atoms with E-state index in [1.807, 2.05) is 49.3 Å². The third-order valence-corrected chi connectivity index (χ3v) is 2.61. The minimum Gasteiger partial charge on any atom is -0.391 e. The summed E-state index contributed by atoms with van der Waals surface area (Å²) >= 11 is 0. The maximum atomic E-state index is 9.95. The lowest BCUT2D eigenvalue weighted by Gasteiger charge is -2.30. The second kappa shape index (κ2) is 5.94. The first-order valence-electron chi connectivity index (χ1n) is 5.58. The van der Waals surface area contributed by atoms with Crippen LogP contribution in [0.5, 0.6) is 0 Å². The monoisotopic (exact) mass is 226 g/mol. The van der Waals surface area contributed by atoms with Gasteiger partial charge in [-0.3, -0.25) is 0 Å². The fourth-order valence-electron chi connectivity index (χ4n) is 1.79. The van der Waals surface area contributed by atoms with Crippen molar-refractivity contribution in [2.24, 2.45) is 0 Å². The molecule has 0 fully saturated rings. The first-order valence-corrected chi connectivity index (χ1v) is 5.58. The van der Waals surface area contributed by atoms with Crippen molar-refractivity contribution in [2.45, 2.75) is 12.6 Å². The van der Waals surface area contributed by atoms with Crippen LogP contribution < -0.4 is 4.57 Å². The molecule has 0 saturated heterocycles. The lowest BCUT2D eigenvalue weighted by Crippen LogP contribution is -2.51. The number of pyridine rings is 1. The number of quaternary nitrogens is 1. The molecule has 2 N–H and O–H groups in total. The Morgan fingerprint density at radius 2 is 1.81 bits per heavy atom. The summed E-state index contributed by atoms with van der Waals surface area (Å²) in [4.78, 5) is 0. The zero-order valence-corrected chi connectivity index (χ0v) is 10.1. The topological polar surface area (TPSA) is 44.3 Å². The van der Waals surface area contributed by atoms with Gasteiger partial charge >= 0.3 is 0 Å². The first-order chi connectivity index (χ1) is 7.53. The van der Waals surface area contributed by atoms with Gasteiger partial charge in [0.05, 0.1) is 20.7 Å². The molecule has 1 atom stereocenters. The maximum Gasteiger partial charge on any atom is 0.179 e. The molecule has 0 radical (unpaired) electrons. The minimum absolute atomic E-state index is 0.151. The Hall–Kier alpha value is -0.970. The van der Waals surface area contributed by atoms with Gasteiger partial charge in [-0.05, 0) is 0 Å². The number of nitrogens with zero attached hydrogens (tertiary/aromatic N) is 2. The van der Waals surface area contributed by atoms with Gasteiger partial charge in [0, 0.05) is 12.1 Å². The average Bonchev–Trinajstić information content (AvgIpc) is 2.17. The maximum absolute atomic E-state index is 9.95. The summed E-state index contributed by atoms with van der Waals surface area (Å²) in [5.74, 6) is 0. The van der Waals surface area contributed by atoms with E-state index in [1.165, 1.54) is 0 Å². The van der Waals surface area contributed by atoms with E-state index in [4.69, 9.17) is 5.11 Å². The van der Waals surface area contributed by atoms with E-state index in [0.717, 1.165) is 0 Å². The Morgan fingerprint density at radius 1 is 1.19 bits per heavy atom. The molecular formula is C12H22N2O2+2. The molecule has 4 heteroatoms. The van der Waals surface area contributed by atoms with Gasteiger partial charge in [0.1, 0.15) is 13.1 Å². The summed E-state index contributed by atoms with van der Waals surface area (Å²) in [6.45, 7) is 2.05. The number of rotatable bonds is 6. The SMILES string of the molecule is C[N+](C)(CCO)CC(O)C[n+]1ccccc1. The fraction of sp³-hybridized carbons (Fsp3) is 0.583. The van der Waals surface area contributed by atoms with Gasteiger partial charge < -0.3 is 14.7 Å². The number of aliphatic hydroxyl groups excluding tert-OH is 2. The Bertz CT molecular complexity index is 301. The van der Waals surface area contributed by atoms with Gasteiger partial charge in [-0.1, -0.05) is 6.07 Å². The molecule has 1 aromatic rings. The molecule has 0 spiro atoms. The van der Waals surface area contributed by atoms with E-state index in [0.29, 0.717) is 24.1 Å². The van der Waals surface area contributed by atoms with Gasteiger partial charge in [0.15, 0.2) is 25.0 Å². The van der Waals surface area contributed by atoms with Crippen LogP contribution in [0.4, 0.5) is 0 Å². The van der Waals surface area contributed by atoms with Crippen molar-refractivity contribution in [1.82, 2.24) is 0 Å². The van der Waals surface area contributed by atoms with Crippen molar-refractivity contribution in [3.63, 3.8) is 0 Å². The van der Waals surface area contributed by atoms with Crippen molar-refractivity contribution in [3.8, 4) is 0 Å². The standard InChI is InChI=1S/C12H22N2O2/c1-14(2,8-9-15)11-12(16)10-13-6-4-3-5-7-13/h3-7,12,15-16H,8-11H2,1-2H3/q+2. The Balaban J connectivity index is 2.44. The molecule has 16 heavy (non-hydrogen) atoms. The third-order valence-electron chi connectivity index (χ3n) is 2.61. The summed E-state index contributed by atoms with van der Waals surface area (Å²) in [7, 11) is 4.02. The van der Waals surface area contributed by atoms with Crippen molar-refractivity contribution in [1.29, 1.82) is 0 Å². The summed E-state index contributed by atoms with van der Waals surface area (Å²) in [5.41, 5.74) is 0. The van der Waals surface area contributed by atoms with E-state index >= 15 is 0 Å². The van der Waals surface area contributed by atoms with Gasteiger partial charge in [-0.25, -0.2) is 4.57 Å². The summed E-state index contributed by atoms with van der Waals surface area (Å²) in [6.07, 6.45) is 3.48. The number of hydrogen-bond donors (Lipinski definition) is 2. The molecule has 0 aromatic carbocycles. The zero-order valence-electron chi connectivity index (χ0n) is 10.1. The predicted octanol–water partition coefficient (Wildman–Crippen LogP) is -0.596. The predicted molar refractivity (Wildman–Crippen MR) is 61.6 cm³/mol. The Labute approximate surface area is 97.0 Å². The van der Waals surface area contributed by atoms with Crippen LogP contribution >= 0.6 is 0 Å². The van der Waals surface area contributed by atoms with E-state index < -0.39 is 6.10 Å². The van der Waals surface area contributed by atoms with Crippen molar-refractivity contribution < 1.29 is 19.3 Å². The highest BCUT2D eigenvalue weighted by Gasteiger charge is 2.22. The molecule has 0 aliphatic heterocycles. The van der Waals surface area contributed by atoms with Gasteiger partial charge in [-0.15, -0.1) is 0 Å². The Kier molecular flexibility index (Phi) is 4.86. The lowest BCUT2D eigenvalue weighted by atomic mass is 10.3. The highest BCUT2D eigenvalue weighted by Crippen LogP contribution is 1.99. The Morgan fingerprint density at radius 3 is 2.38 bits per heavy atom. The van der Waals surface area contributed by atoms with Crippen molar-refractivity contribution >= 4 is 0 Å². The molecule has 4 nitrogen and oxygen atoms in total. The second-order valence-corrected chi connectivity index (χ2v) is 4.79. The number of hydrogen-bond acceptors (Lipinski definition) is 2. The molecule has 1 aromatic heterocycles. The third kappa shape index (κ3) is 4.70. The van der Waals surface area contributed by atoms with Gasteiger partial charge in [-0.2, -0.15) is 0 Å². The molecule has 90 valence electrons. The summed E-state index contributed by atoms with van der Waals surface area (Å²) in [6, 6.07) is 5.84. The van der Waals surface area contributed by atoms with Crippen LogP contribution in [0, 0.1) is 0 Å². The largest absolute Gasteiger partial charge is 0.391 e. The van der Waals surface area contributed by atoms with Crippen LogP contribution in [0.3, 0.4) is 0 Å². The fourth-order valence-corrected chi connectivity index (χ4v) is 1.79. The van der Waals surface area contributed by atoms with E-state index in [2.05, 4.69) is 0 Å². The molecule has 1 unspecified atom stereocenters. The molecule has 0 amide bonds. The second-order valence-electron chi connectivity index (χ2n) is 4.79. The molecule has 0 bridgehead atoms. The highest BCUT2D eigenvalue weighted by atomic mass is 16.3. The number of aromatic nitrogens is 1. The van der Waals surface area contributed by atoms with Crippen molar-refractivity contribution in [3.05, 3.63) is 30.6 Å². The smallest absolute Gasteiger partial charge is 0.179 e. The quantitative estimate of drug-likeness (QED) is 0.503. The van der Waals surface area contributed by atoms with Crippen LogP contribution in [0.2, 0.25) is 0 Å². The van der Waals surface area contributed by atoms with Gasteiger partial charge in [0.25, 0.3) is 0 Å². The summed E-state index contributed by atoms with van der Waals surface area (Å²) in [5, 5.41) is 18.8. The normalized spacial score (nSPS) is 13.8. The average molecular weight is 226 g/mol. The van der Waals surface area contributed by atoms with Crippen LogP contribution in [0.15, 0.2) is 30.6 Å². The highest BCUT2D eigenvalue weighted by molar-refractivity contribution is 4.83. The number of aliphatic hydroxyl groups is 2. The molecule has 0 aliphatic rings. The lowest BCUT2D eigenvalue weighted by molar-refractivity contribution is -0.896. The van der Waals surface area contributed by atoms with E-state index in [-0.39, 0.29) is 6.61 Å². The number of likely N-dealkylation sites (N-methyl/N-ethyl adjacent to an activating group) is 1. The first kappa shape index (κ1) is 13.1. The van der Waals surface area contributed by atoms with Crippen LogP contribution in [0.1, 0.15) is 0 Å². The van der Waals surface area contributed by atoms with Crippen molar-refractivity contribution in [2.75, 3.05) is 33.8 Å². The van der Waals surface area contributed by atoms with Crippen LogP contribution in [0.25, 0.3) is 0 Å². The van der Waals surface area contributed by atoms with Crippen LogP contribution in [-0.2, 0) is 6.54 Å². The van der Waals surface area contributed by atoms with Crippen LogP contribution in [-0.4, -0.2) is 54.6 Å². The molecular weight excluding hydrogens is 204 g/mol. The molecule has 0 saturated carbocycles. The van der Waals surface area contributed by atoms with E-state index in [9.17, 15) is 5.11 Å². The molecule has 0 aliphatic carbocycles.